The molecule has 1 aliphatic carbocycles. The van der Waals surface area contributed by atoms with Gasteiger partial charge in [-0.05, 0) is 45.4 Å². The van der Waals surface area contributed by atoms with Crippen LogP contribution in [0.15, 0.2) is 6.07 Å². The van der Waals surface area contributed by atoms with E-state index in [2.05, 4.69) is 29.1 Å². The normalized spacial score (nSPS) is 21.7. The highest BCUT2D eigenvalue weighted by atomic mass is 16.5. The van der Waals surface area contributed by atoms with Crippen molar-refractivity contribution in [3.63, 3.8) is 0 Å². The molecule has 19 heavy (non-hydrogen) atoms. The first-order valence-corrected chi connectivity index (χ1v) is 7.13. The number of aromatic nitrogens is 2. The molecule has 1 aromatic heterocycles. The van der Waals surface area contributed by atoms with Crippen molar-refractivity contribution in [2.75, 3.05) is 5.32 Å². The van der Waals surface area contributed by atoms with Gasteiger partial charge in [0.1, 0.15) is 0 Å². The van der Waals surface area contributed by atoms with E-state index in [1.807, 2.05) is 26.8 Å². The van der Waals surface area contributed by atoms with E-state index in [1.165, 1.54) is 19.3 Å². The molecule has 1 aromatic rings. The molecule has 0 radical (unpaired) electrons. The van der Waals surface area contributed by atoms with Crippen LogP contribution in [0.4, 0.5) is 5.95 Å². The maximum absolute atomic E-state index is 5.65. The lowest BCUT2D eigenvalue weighted by Gasteiger charge is -2.18. The highest BCUT2D eigenvalue weighted by Gasteiger charge is 2.31. The molecule has 4 nitrogen and oxygen atoms in total. The maximum atomic E-state index is 5.65. The minimum absolute atomic E-state index is 0.132. The molecule has 2 rings (SSSR count). The molecule has 4 heteroatoms. The summed E-state index contributed by atoms with van der Waals surface area (Å²) in [6, 6.07) is 2.35. The Kier molecular flexibility index (Phi) is 3.97. The van der Waals surface area contributed by atoms with E-state index in [9.17, 15) is 0 Å². The van der Waals surface area contributed by atoms with Gasteiger partial charge in [-0.25, -0.2) is 4.98 Å². The first-order chi connectivity index (χ1) is 8.84. The van der Waals surface area contributed by atoms with Crippen molar-refractivity contribution < 1.29 is 4.74 Å². The van der Waals surface area contributed by atoms with Crippen LogP contribution in [0.5, 0.6) is 5.88 Å². The van der Waals surface area contributed by atoms with E-state index in [-0.39, 0.29) is 6.10 Å². The van der Waals surface area contributed by atoms with Crippen molar-refractivity contribution in [2.45, 2.75) is 66.0 Å². The van der Waals surface area contributed by atoms with Gasteiger partial charge in [-0.15, -0.1) is 0 Å². The molecule has 0 spiro atoms. The van der Waals surface area contributed by atoms with E-state index in [1.54, 1.807) is 0 Å². The summed E-state index contributed by atoms with van der Waals surface area (Å²) in [7, 11) is 0. The third-order valence-corrected chi connectivity index (χ3v) is 3.49. The predicted octanol–water partition coefficient (Wildman–Crippen LogP) is 3.56. The quantitative estimate of drug-likeness (QED) is 0.902. The zero-order valence-electron chi connectivity index (χ0n) is 12.7. The molecule has 106 valence electrons. The summed E-state index contributed by atoms with van der Waals surface area (Å²) in [5.41, 5.74) is 1.36. The van der Waals surface area contributed by atoms with E-state index >= 15 is 0 Å². The molecule has 0 aromatic carbocycles. The minimum atomic E-state index is 0.132. The Hall–Kier alpha value is -1.32. The molecule has 1 N–H and O–H groups in total. The second-order valence-electron chi connectivity index (χ2n) is 6.59. The van der Waals surface area contributed by atoms with Gasteiger partial charge >= 0.3 is 0 Å². The highest BCUT2D eigenvalue weighted by molar-refractivity contribution is 5.32. The molecule has 1 atom stereocenters. The van der Waals surface area contributed by atoms with Crippen LogP contribution in [0.25, 0.3) is 0 Å². The maximum Gasteiger partial charge on any atom is 0.226 e. The third kappa shape index (κ3) is 4.08. The van der Waals surface area contributed by atoms with Gasteiger partial charge < -0.3 is 10.1 Å². The second-order valence-corrected chi connectivity index (χ2v) is 6.59. The average Bonchev–Trinajstić information content (AvgIpc) is 2.55. The number of hydrogen-bond acceptors (Lipinski definition) is 4. The van der Waals surface area contributed by atoms with Crippen LogP contribution >= 0.6 is 0 Å². The molecular formula is C15H25N3O. The SMILES string of the molecule is Cc1cc(OC(C)C)nc(NC2CCC(C)(C)C2)n1. The molecule has 1 aliphatic rings. The van der Waals surface area contributed by atoms with Crippen molar-refractivity contribution in [3.8, 4) is 5.88 Å². The predicted molar refractivity (Wildman–Crippen MR) is 77.6 cm³/mol. The highest BCUT2D eigenvalue weighted by Crippen LogP contribution is 2.38. The average molecular weight is 263 g/mol. The zero-order chi connectivity index (χ0) is 14.0. The van der Waals surface area contributed by atoms with Crippen LogP contribution < -0.4 is 10.1 Å². The molecule has 1 saturated carbocycles. The zero-order valence-corrected chi connectivity index (χ0v) is 12.7. The van der Waals surface area contributed by atoms with Gasteiger partial charge in [0.05, 0.1) is 6.10 Å². The summed E-state index contributed by atoms with van der Waals surface area (Å²) in [6.07, 6.45) is 3.74. The lowest BCUT2D eigenvalue weighted by Crippen LogP contribution is -2.20. The summed E-state index contributed by atoms with van der Waals surface area (Å²) < 4.78 is 5.65. The number of nitrogens with zero attached hydrogens (tertiary/aromatic N) is 2. The topological polar surface area (TPSA) is 47.0 Å². The Morgan fingerprint density at radius 1 is 1.37 bits per heavy atom. The van der Waals surface area contributed by atoms with Gasteiger partial charge in [-0.1, -0.05) is 13.8 Å². The number of ether oxygens (including phenoxy) is 1. The first-order valence-electron chi connectivity index (χ1n) is 7.13. The Morgan fingerprint density at radius 3 is 2.68 bits per heavy atom. The summed E-state index contributed by atoms with van der Waals surface area (Å²) >= 11 is 0. The minimum Gasteiger partial charge on any atom is -0.475 e. The fraction of sp³-hybridized carbons (Fsp3) is 0.733. The number of rotatable bonds is 4. The molecule has 1 unspecified atom stereocenters. The first kappa shape index (κ1) is 14.1. The summed E-state index contributed by atoms with van der Waals surface area (Å²) in [5.74, 6) is 1.35. The van der Waals surface area contributed by atoms with Gasteiger partial charge in [-0.2, -0.15) is 4.98 Å². The van der Waals surface area contributed by atoms with Crippen molar-refractivity contribution in [1.82, 2.24) is 9.97 Å². The fourth-order valence-electron chi connectivity index (χ4n) is 2.65. The van der Waals surface area contributed by atoms with Crippen molar-refractivity contribution >= 4 is 5.95 Å². The second kappa shape index (κ2) is 5.35. The number of hydrogen-bond donors (Lipinski definition) is 1. The molecule has 1 fully saturated rings. The Balaban J connectivity index is 2.06. The van der Waals surface area contributed by atoms with Crippen LogP contribution in [-0.2, 0) is 0 Å². The van der Waals surface area contributed by atoms with Crippen molar-refractivity contribution in [3.05, 3.63) is 11.8 Å². The monoisotopic (exact) mass is 263 g/mol. The summed E-state index contributed by atoms with van der Waals surface area (Å²) in [6.45, 7) is 10.6. The summed E-state index contributed by atoms with van der Waals surface area (Å²) in [5, 5.41) is 3.45. The van der Waals surface area contributed by atoms with Crippen LogP contribution in [0.2, 0.25) is 0 Å². The molecule has 0 amide bonds. The van der Waals surface area contributed by atoms with E-state index in [0.29, 0.717) is 23.3 Å². The van der Waals surface area contributed by atoms with Gasteiger partial charge in [-0.3, -0.25) is 0 Å². The van der Waals surface area contributed by atoms with Crippen molar-refractivity contribution in [1.29, 1.82) is 0 Å². The van der Waals surface area contributed by atoms with E-state index in [4.69, 9.17) is 4.74 Å². The standard InChI is InChI=1S/C15H25N3O/c1-10(2)19-13-8-11(3)16-14(18-13)17-12-6-7-15(4,5)9-12/h8,10,12H,6-7,9H2,1-5H3,(H,16,17,18). The van der Waals surface area contributed by atoms with Gasteiger partial charge in [0.15, 0.2) is 0 Å². The van der Waals surface area contributed by atoms with Crippen molar-refractivity contribution in [2.24, 2.45) is 5.41 Å². The molecule has 0 aliphatic heterocycles. The number of anilines is 1. The summed E-state index contributed by atoms with van der Waals surface area (Å²) in [4.78, 5) is 8.89. The van der Waals surface area contributed by atoms with Crippen LogP contribution in [0, 0.1) is 12.3 Å². The van der Waals surface area contributed by atoms with Gasteiger partial charge in [0.25, 0.3) is 0 Å². The van der Waals surface area contributed by atoms with E-state index in [0.717, 1.165) is 5.69 Å². The molecule has 0 saturated heterocycles. The van der Waals surface area contributed by atoms with Crippen LogP contribution in [0.3, 0.4) is 0 Å². The smallest absolute Gasteiger partial charge is 0.226 e. The third-order valence-electron chi connectivity index (χ3n) is 3.49. The molecular weight excluding hydrogens is 238 g/mol. The Morgan fingerprint density at radius 2 is 2.11 bits per heavy atom. The Bertz CT molecular complexity index is 443. The van der Waals surface area contributed by atoms with E-state index < -0.39 is 0 Å². The fourth-order valence-corrected chi connectivity index (χ4v) is 2.65. The van der Waals surface area contributed by atoms with Crippen LogP contribution in [-0.4, -0.2) is 22.1 Å². The molecule has 1 heterocycles. The van der Waals surface area contributed by atoms with Crippen LogP contribution in [0.1, 0.15) is 52.7 Å². The molecule has 0 bridgehead atoms. The Labute approximate surface area is 116 Å². The van der Waals surface area contributed by atoms with Gasteiger partial charge in [0.2, 0.25) is 11.8 Å². The lowest BCUT2D eigenvalue weighted by molar-refractivity contribution is 0.232. The number of aryl methyl sites for hydroxylation is 1. The largest absolute Gasteiger partial charge is 0.475 e. The lowest BCUT2D eigenvalue weighted by atomic mass is 9.92. The van der Waals surface area contributed by atoms with Gasteiger partial charge in [0, 0.05) is 17.8 Å². The number of nitrogens with one attached hydrogen (secondary N) is 1.